The van der Waals surface area contributed by atoms with Gasteiger partial charge in [-0.25, -0.2) is 23.7 Å². The zero-order chi connectivity index (χ0) is 26.4. The van der Waals surface area contributed by atoms with E-state index in [0.29, 0.717) is 22.7 Å². The molecule has 0 bridgehead atoms. The molecule has 1 saturated heterocycles. The lowest BCUT2D eigenvalue weighted by atomic mass is 10.1. The van der Waals surface area contributed by atoms with Gasteiger partial charge in [0, 0.05) is 4.70 Å². The molecular formula is C24H21F4N5O2S2. The molecule has 2 heterocycles. The fourth-order valence-electron chi connectivity index (χ4n) is 4.10. The van der Waals surface area contributed by atoms with Crippen molar-refractivity contribution in [3.8, 4) is 0 Å². The van der Waals surface area contributed by atoms with Crippen molar-refractivity contribution in [1.82, 2.24) is 21.9 Å². The largest absolute Gasteiger partial charge is 0.419 e. The Labute approximate surface area is 214 Å². The van der Waals surface area contributed by atoms with Gasteiger partial charge in [-0.1, -0.05) is 36.4 Å². The van der Waals surface area contributed by atoms with E-state index in [9.17, 15) is 26.0 Å². The molecule has 0 radical (unpaired) electrons. The first-order valence-electron chi connectivity index (χ1n) is 11.0. The Morgan fingerprint density at radius 2 is 1.65 bits per heavy atom. The van der Waals surface area contributed by atoms with Crippen molar-refractivity contribution in [2.45, 2.75) is 30.7 Å². The average molecular weight is 552 g/mol. The van der Waals surface area contributed by atoms with E-state index in [0.717, 1.165) is 26.0 Å². The molecule has 0 unspecified atom stereocenters. The summed E-state index contributed by atoms with van der Waals surface area (Å²) in [6, 6.07) is 16.0. The highest BCUT2D eigenvalue weighted by atomic mass is 32.2. The summed E-state index contributed by atoms with van der Waals surface area (Å²) >= 11 is 1.22. The highest BCUT2D eigenvalue weighted by Gasteiger charge is 2.35. The van der Waals surface area contributed by atoms with Gasteiger partial charge in [0.1, 0.15) is 17.0 Å². The summed E-state index contributed by atoms with van der Waals surface area (Å²) in [7, 11) is -4.22. The molecule has 1 aliphatic rings. The molecule has 194 valence electrons. The van der Waals surface area contributed by atoms with Crippen LogP contribution < -0.4 is 26.2 Å². The molecule has 0 saturated carbocycles. The fraction of sp³-hybridized carbons (Fsp3) is 0.167. The smallest absolute Gasteiger partial charge is 0.252 e. The van der Waals surface area contributed by atoms with Crippen molar-refractivity contribution < 1.29 is 26.0 Å². The standard InChI is InChI=1S/C24H21F4N5O2S2/c1-14-18-4-2-3-5-21(18)36-23(14)33(13-15-6-11-20(25)19(12-15)24(26,27)28)37(34,35)17-9-7-16(8-10-17)22-29-31-32-30-22/h2-12,22,29-32H,13H2,1H3. The van der Waals surface area contributed by atoms with Gasteiger partial charge >= 0.3 is 6.18 Å². The van der Waals surface area contributed by atoms with Crippen LogP contribution in [0.4, 0.5) is 22.6 Å². The van der Waals surface area contributed by atoms with Gasteiger partial charge in [-0.2, -0.15) is 24.2 Å². The number of thiophene rings is 1. The van der Waals surface area contributed by atoms with Crippen molar-refractivity contribution in [3.63, 3.8) is 0 Å². The topological polar surface area (TPSA) is 85.5 Å². The predicted octanol–water partition coefficient (Wildman–Crippen LogP) is 4.88. The van der Waals surface area contributed by atoms with Crippen LogP contribution in [-0.4, -0.2) is 8.42 Å². The molecular weight excluding hydrogens is 530 g/mol. The monoisotopic (exact) mass is 551 g/mol. The number of hydrazine groups is 3. The molecule has 1 aliphatic heterocycles. The number of anilines is 1. The minimum atomic E-state index is -4.92. The van der Waals surface area contributed by atoms with Crippen LogP contribution in [0.25, 0.3) is 10.1 Å². The van der Waals surface area contributed by atoms with E-state index in [1.165, 1.54) is 23.5 Å². The number of nitrogens with zero attached hydrogens (tertiary/aromatic N) is 1. The quantitative estimate of drug-likeness (QED) is 0.256. The van der Waals surface area contributed by atoms with Gasteiger partial charge in [0.2, 0.25) is 0 Å². The van der Waals surface area contributed by atoms with Crippen LogP contribution in [-0.2, 0) is 22.7 Å². The third-order valence-corrected chi connectivity index (χ3v) is 9.18. The molecule has 7 nitrogen and oxygen atoms in total. The number of benzene rings is 3. The summed E-state index contributed by atoms with van der Waals surface area (Å²) in [6.45, 7) is 1.35. The lowest BCUT2D eigenvalue weighted by molar-refractivity contribution is -0.140. The van der Waals surface area contributed by atoms with E-state index in [-0.39, 0.29) is 16.6 Å². The Morgan fingerprint density at radius 3 is 2.30 bits per heavy atom. The molecule has 1 aromatic heterocycles. The molecule has 5 rings (SSSR count). The number of sulfonamides is 1. The minimum Gasteiger partial charge on any atom is -0.252 e. The Kier molecular flexibility index (Phi) is 6.68. The van der Waals surface area contributed by atoms with Crippen molar-refractivity contribution in [2.24, 2.45) is 0 Å². The lowest BCUT2D eigenvalue weighted by Crippen LogP contribution is -2.33. The molecule has 4 N–H and O–H groups in total. The van der Waals surface area contributed by atoms with E-state index >= 15 is 0 Å². The molecule has 1 fully saturated rings. The van der Waals surface area contributed by atoms with Gasteiger partial charge in [-0.05, 0) is 59.3 Å². The van der Waals surface area contributed by atoms with E-state index in [1.54, 1.807) is 19.1 Å². The molecule has 3 aromatic carbocycles. The van der Waals surface area contributed by atoms with Crippen molar-refractivity contribution in [2.75, 3.05) is 4.31 Å². The van der Waals surface area contributed by atoms with Crippen molar-refractivity contribution >= 4 is 36.4 Å². The molecule has 37 heavy (non-hydrogen) atoms. The lowest BCUT2D eigenvalue weighted by Gasteiger charge is -2.25. The minimum absolute atomic E-state index is 0.00211. The second-order valence-corrected chi connectivity index (χ2v) is 11.3. The molecule has 4 aromatic rings. The maximum absolute atomic E-state index is 13.9. The van der Waals surface area contributed by atoms with Crippen LogP contribution in [0.15, 0.2) is 71.6 Å². The van der Waals surface area contributed by atoms with Crippen LogP contribution in [0.2, 0.25) is 0 Å². The molecule has 0 amide bonds. The number of halogens is 4. The maximum Gasteiger partial charge on any atom is 0.419 e. The first-order chi connectivity index (χ1) is 17.6. The van der Waals surface area contributed by atoms with Gasteiger partial charge < -0.3 is 0 Å². The first kappa shape index (κ1) is 25.6. The summed E-state index contributed by atoms with van der Waals surface area (Å²) in [6.07, 6.45) is -5.23. The van der Waals surface area contributed by atoms with Crippen LogP contribution in [0, 0.1) is 12.7 Å². The summed E-state index contributed by atoms with van der Waals surface area (Å²) < 4.78 is 83.8. The number of nitrogens with one attached hydrogen (secondary N) is 4. The molecule has 13 heteroatoms. The summed E-state index contributed by atoms with van der Waals surface area (Å²) in [5, 5.41) is 1.21. The zero-order valence-corrected chi connectivity index (χ0v) is 20.9. The molecule has 0 spiro atoms. The van der Waals surface area contributed by atoms with Gasteiger partial charge in [-0.15, -0.1) is 11.3 Å². The predicted molar refractivity (Wildman–Crippen MR) is 133 cm³/mol. The second kappa shape index (κ2) is 9.67. The number of fused-ring (bicyclic) bond motifs is 1. The summed E-state index contributed by atoms with van der Waals surface area (Å²) in [4.78, 5) is -0.0369. The highest BCUT2D eigenvalue weighted by molar-refractivity contribution is 7.93. The Morgan fingerprint density at radius 1 is 0.973 bits per heavy atom. The molecule has 0 aliphatic carbocycles. The number of hydrogen-bond donors (Lipinski definition) is 4. The maximum atomic E-state index is 13.9. The van der Waals surface area contributed by atoms with E-state index in [1.807, 2.05) is 24.3 Å². The highest BCUT2D eigenvalue weighted by Crippen LogP contribution is 2.41. The fourth-order valence-corrected chi connectivity index (χ4v) is 7.03. The van der Waals surface area contributed by atoms with Crippen molar-refractivity contribution in [3.05, 3.63) is 94.8 Å². The van der Waals surface area contributed by atoms with Crippen LogP contribution >= 0.6 is 11.3 Å². The SMILES string of the molecule is Cc1c(N(Cc2ccc(F)c(C(F)(F)F)c2)S(=O)(=O)c2ccc(C3NNNN3)cc2)sc2ccccc12. The van der Waals surface area contributed by atoms with Gasteiger partial charge in [0.25, 0.3) is 10.0 Å². The van der Waals surface area contributed by atoms with Gasteiger partial charge in [0.05, 0.1) is 17.0 Å². The zero-order valence-electron chi connectivity index (χ0n) is 19.2. The number of alkyl halides is 3. The van der Waals surface area contributed by atoms with Gasteiger partial charge in [0.15, 0.2) is 0 Å². The summed E-state index contributed by atoms with van der Waals surface area (Å²) in [5.41, 5.74) is 11.1. The number of hydrogen-bond acceptors (Lipinski definition) is 7. The van der Waals surface area contributed by atoms with Crippen molar-refractivity contribution in [1.29, 1.82) is 0 Å². The normalized spacial score (nSPS) is 14.9. The Balaban J connectivity index is 1.60. The van der Waals surface area contributed by atoms with Crippen LogP contribution in [0.5, 0.6) is 0 Å². The third kappa shape index (κ3) is 4.93. The first-order valence-corrected chi connectivity index (χ1v) is 13.3. The van der Waals surface area contributed by atoms with E-state index < -0.39 is 34.1 Å². The van der Waals surface area contributed by atoms with Crippen LogP contribution in [0.1, 0.15) is 28.4 Å². The average Bonchev–Trinajstić information content (AvgIpc) is 3.52. The van der Waals surface area contributed by atoms with E-state index in [4.69, 9.17) is 0 Å². The van der Waals surface area contributed by atoms with Gasteiger partial charge in [-0.3, -0.25) is 4.31 Å². The number of rotatable bonds is 6. The van der Waals surface area contributed by atoms with Crippen LogP contribution in [0.3, 0.4) is 0 Å². The Bertz CT molecular complexity index is 1550. The third-order valence-electron chi connectivity index (χ3n) is 6.00. The number of aryl methyl sites for hydroxylation is 1. The summed E-state index contributed by atoms with van der Waals surface area (Å²) in [5.74, 6) is -1.42. The van der Waals surface area contributed by atoms with E-state index in [2.05, 4.69) is 21.9 Å². The molecule has 0 atom stereocenters. The second-order valence-electron chi connectivity index (χ2n) is 8.39. The Hall–Kier alpha value is -3.07.